The van der Waals surface area contributed by atoms with Crippen LogP contribution in [0.5, 0.6) is 5.75 Å². The molecule has 6 heteroatoms. The number of nitrogens with one attached hydrogen (secondary N) is 1. The van der Waals surface area contributed by atoms with Crippen LogP contribution in [0.15, 0.2) is 54.6 Å². The standard InChI is InChI=1S/C19H18FN3O2/c1-13-10-18(19(24)21-12-14-6-3-4-9-17(14)20)22-23(13)15-7-5-8-16(11-15)25-2/h3-11H,12H2,1-2H3,(H,21,24). The molecule has 0 saturated heterocycles. The van der Waals surface area contributed by atoms with E-state index in [1.165, 1.54) is 6.07 Å². The number of halogens is 1. The van der Waals surface area contributed by atoms with E-state index in [-0.39, 0.29) is 24.0 Å². The Hall–Kier alpha value is -3.15. The summed E-state index contributed by atoms with van der Waals surface area (Å²) in [7, 11) is 1.59. The zero-order valence-electron chi connectivity index (χ0n) is 14.0. The molecule has 0 fully saturated rings. The Morgan fingerprint density at radius 2 is 2.00 bits per heavy atom. The van der Waals surface area contributed by atoms with Crippen molar-refractivity contribution in [2.45, 2.75) is 13.5 Å². The van der Waals surface area contributed by atoms with Gasteiger partial charge in [-0.25, -0.2) is 9.07 Å². The van der Waals surface area contributed by atoms with Gasteiger partial charge >= 0.3 is 0 Å². The lowest BCUT2D eigenvalue weighted by Gasteiger charge is -2.06. The van der Waals surface area contributed by atoms with Gasteiger partial charge in [0, 0.05) is 23.9 Å². The van der Waals surface area contributed by atoms with Crippen LogP contribution in [0.4, 0.5) is 4.39 Å². The number of ether oxygens (including phenoxy) is 1. The minimum atomic E-state index is -0.354. The van der Waals surface area contributed by atoms with Gasteiger partial charge in [0.25, 0.3) is 5.91 Å². The summed E-state index contributed by atoms with van der Waals surface area (Å²) < 4.78 is 20.5. The molecule has 5 nitrogen and oxygen atoms in total. The number of rotatable bonds is 5. The van der Waals surface area contributed by atoms with Crippen molar-refractivity contribution in [1.82, 2.24) is 15.1 Å². The van der Waals surface area contributed by atoms with Crippen LogP contribution in [-0.4, -0.2) is 22.8 Å². The van der Waals surface area contributed by atoms with Gasteiger partial charge in [-0.15, -0.1) is 0 Å². The second kappa shape index (κ2) is 7.17. The molecule has 0 aliphatic carbocycles. The van der Waals surface area contributed by atoms with Gasteiger partial charge in [0.15, 0.2) is 5.69 Å². The first-order chi connectivity index (χ1) is 12.1. The number of amides is 1. The summed E-state index contributed by atoms with van der Waals surface area (Å²) in [6.45, 7) is 1.97. The quantitative estimate of drug-likeness (QED) is 0.776. The largest absolute Gasteiger partial charge is 0.497 e. The summed E-state index contributed by atoms with van der Waals surface area (Å²) in [5.41, 5.74) is 2.31. The van der Waals surface area contributed by atoms with Gasteiger partial charge in [-0.1, -0.05) is 24.3 Å². The third kappa shape index (κ3) is 3.68. The van der Waals surface area contributed by atoms with Crippen LogP contribution in [-0.2, 0) is 6.54 Å². The Labute approximate surface area is 145 Å². The maximum atomic E-state index is 13.6. The van der Waals surface area contributed by atoms with E-state index in [9.17, 15) is 9.18 Å². The van der Waals surface area contributed by atoms with Gasteiger partial charge in [0.05, 0.1) is 12.8 Å². The monoisotopic (exact) mass is 339 g/mol. The molecule has 0 radical (unpaired) electrons. The molecule has 0 spiro atoms. The molecule has 0 atom stereocenters. The molecule has 3 aromatic rings. The SMILES string of the molecule is COc1cccc(-n2nc(C(=O)NCc3ccccc3F)cc2C)c1. The Balaban J connectivity index is 1.77. The normalized spacial score (nSPS) is 10.5. The van der Waals surface area contributed by atoms with Gasteiger partial charge in [0.1, 0.15) is 11.6 Å². The van der Waals surface area contributed by atoms with Crippen molar-refractivity contribution >= 4 is 5.91 Å². The lowest BCUT2D eigenvalue weighted by Crippen LogP contribution is -2.24. The van der Waals surface area contributed by atoms with Crippen LogP contribution in [0.2, 0.25) is 0 Å². The third-order valence-electron chi connectivity index (χ3n) is 3.82. The Bertz CT molecular complexity index is 905. The molecule has 0 aliphatic rings. The molecule has 128 valence electrons. The number of carbonyl (C=O) groups is 1. The van der Waals surface area contributed by atoms with Gasteiger partial charge in [0.2, 0.25) is 0 Å². The molecule has 1 aromatic heterocycles. The second-order valence-electron chi connectivity index (χ2n) is 5.56. The molecular formula is C19H18FN3O2. The summed E-state index contributed by atoms with van der Waals surface area (Å²) >= 11 is 0. The van der Waals surface area contributed by atoms with Crippen LogP contribution in [0, 0.1) is 12.7 Å². The molecule has 0 unspecified atom stereocenters. The Kier molecular flexibility index (Phi) is 4.79. The molecule has 2 aromatic carbocycles. The number of aryl methyl sites for hydroxylation is 1. The first-order valence-corrected chi connectivity index (χ1v) is 7.81. The smallest absolute Gasteiger partial charge is 0.272 e. The first-order valence-electron chi connectivity index (χ1n) is 7.81. The highest BCUT2D eigenvalue weighted by Crippen LogP contribution is 2.18. The highest BCUT2D eigenvalue weighted by molar-refractivity contribution is 5.92. The molecule has 1 heterocycles. The van der Waals surface area contributed by atoms with E-state index in [0.29, 0.717) is 11.3 Å². The fourth-order valence-electron chi connectivity index (χ4n) is 2.50. The molecule has 0 saturated carbocycles. The van der Waals surface area contributed by atoms with E-state index in [1.54, 1.807) is 36.1 Å². The van der Waals surface area contributed by atoms with Crippen LogP contribution in [0.3, 0.4) is 0 Å². The van der Waals surface area contributed by atoms with E-state index in [2.05, 4.69) is 10.4 Å². The van der Waals surface area contributed by atoms with Crippen molar-refractivity contribution in [2.24, 2.45) is 0 Å². The Morgan fingerprint density at radius 1 is 1.20 bits per heavy atom. The fraction of sp³-hybridized carbons (Fsp3) is 0.158. The molecule has 1 amide bonds. The van der Waals surface area contributed by atoms with Gasteiger partial charge in [-0.2, -0.15) is 5.10 Å². The van der Waals surface area contributed by atoms with E-state index >= 15 is 0 Å². The zero-order chi connectivity index (χ0) is 17.8. The van der Waals surface area contributed by atoms with Crippen molar-refractivity contribution in [2.75, 3.05) is 7.11 Å². The average molecular weight is 339 g/mol. The second-order valence-corrected chi connectivity index (χ2v) is 5.56. The maximum absolute atomic E-state index is 13.6. The highest BCUT2D eigenvalue weighted by Gasteiger charge is 2.14. The van der Waals surface area contributed by atoms with Gasteiger partial charge in [-0.05, 0) is 31.2 Å². The summed E-state index contributed by atoms with van der Waals surface area (Å²) in [6.07, 6.45) is 0. The number of nitrogens with zero attached hydrogens (tertiary/aromatic N) is 2. The number of aromatic nitrogens is 2. The predicted molar refractivity (Wildman–Crippen MR) is 92.4 cm³/mol. The minimum absolute atomic E-state index is 0.108. The summed E-state index contributed by atoms with van der Waals surface area (Å²) in [4.78, 5) is 12.3. The Morgan fingerprint density at radius 3 is 2.76 bits per heavy atom. The van der Waals surface area contributed by atoms with E-state index < -0.39 is 0 Å². The van der Waals surface area contributed by atoms with Crippen LogP contribution < -0.4 is 10.1 Å². The van der Waals surface area contributed by atoms with Crippen molar-refractivity contribution in [3.8, 4) is 11.4 Å². The van der Waals surface area contributed by atoms with Crippen LogP contribution >= 0.6 is 0 Å². The van der Waals surface area contributed by atoms with Crippen LogP contribution in [0.25, 0.3) is 5.69 Å². The molecule has 0 aliphatic heterocycles. The average Bonchev–Trinajstić information content (AvgIpc) is 3.03. The molecule has 1 N–H and O–H groups in total. The number of hydrogen-bond donors (Lipinski definition) is 1. The maximum Gasteiger partial charge on any atom is 0.272 e. The van der Waals surface area contributed by atoms with Crippen molar-refractivity contribution in [1.29, 1.82) is 0 Å². The van der Waals surface area contributed by atoms with Gasteiger partial charge in [-0.3, -0.25) is 4.79 Å². The van der Waals surface area contributed by atoms with E-state index in [4.69, 9.17) is 4.74 Å². The molecule has 3 rings (SSSR count). The molecule has 25 heavy (non-hydrogen) atoms. The van der Waals surface area contributed by atoms with Crippen molar-refractivity contribution in [3.05, 3.63) is 77.4 Å². The van der Waals surface area contributed by atoms with Crippen LogP contribution in [0.1, 0.15) is 21.7 Å². The summed E-state index contributed by atoms with van der Waals surface area (Å²) in [5.74, 6) is 0.00634. The number of carbonyl (C=O) groups excluding carboxylic acids is 1. The molecular weight excluding hydrogens is 321 g/mol. The van der Waals surface area contributed by atoms with E-state index in [1.807, 2.05) is 31.2 Å². The fourth-order valence-corrected chi connectivity index (χ4v) is 2.50. The minimum Gasteiger partial charge on any atom is -0.497 e. The molecule has 0 bridgehead atoms. The number of benzene rings is 2. The third-order valence-corrected chi connectivity index (χ3v) is 3.82. The van der Waals surface area contributed by atoms with E-state index in [0.717, 1.165) is 11.4 Å². The zero-order valence-corrected chi connectivity index (χ0v) is 14.0. The van der Waals surface area contributed by atoms with Crippen molar-refractivity contribution < 1.29 is 13.9 Å². The summed E-state index contributed by atoms with van der Waals surface area (Å²) in [5, 5.41) is 7.04. The van der Waals surface area contributed by atoms with Gasteiger partial charge < -0.3 is 10.1 Å². The first kappa shape index (κ1) is 16.7. The summed E-state index contributed by atoms with van der Waals surface area (Å²) in [6, 6.07) is 15.4. The number of hydrogen-bond acceptors (Lipinski definition) is 3. The topological polar surface area (TPSA) is 56.2 Å². The lowest BCUT2D eigenvalue weighted by molar-refractivity contribution is 0.0945. The van der Waals surface area contributed by atoms with Crippen molar-refractivity contribution in [3.63, 3.8) is 0 Å². The highest BCUT2D eigenvalue weighted by atomic mass is 19.1. The predicted octanol–water partition coefficient (Wildman–Crippen LogP) is 3.26. The number of methoxy groups -OCH3 is 1. The lowest BCUT2D eigenvalue weighted by atomic mass is 10.2.